The molecule has 0 unspecified atom stereocenters. The molecule has 162 valence electrons. The van der Waals surface area contributed by atoms with Crippen molar-refractivity contribution >= 4 is 11.9 Å². The number of ether oxygens (including phenoxy) is 1. The lowest BCUT2D eigenvalue weighted by atomic mass is 9.83. The second kappa shape index (κ2) is 7.61. The molecule has 1 atom stereocenters. The Balaban J connectivity index is 1.36. The molecule has 1 aromatic heterocycles. The number of nitrogens with zero attached hydrogens (tertiary/aromatic N) is 2. The van der Waals surface area contributed by atoms with Gasteiger partial charge in [0.05, 0.1) is 23.5 Å². The van der Waals surface area contributed by atoms with Gasteiger partial charge in [-0.1, -0.05) is 23.4 Å². The number of aryl methyl sites for hydroxylation is 1. The number of hydrogen-bond acceptors (Lipinski definition) is 4. The highest BCUT2D eigenvalue weighted by Crippen LogP contribution is 2.43. The average molecular weight is 423 g/mol. The summed E-state index contributed by atoms with van der Waals surface area (Å²) in [4.78, 5) is 14.2. The molecule has 1 N–H and O–H groups in total. The molecule has 2 aliphatic heterocycles. The number of piperidine rings is 1. The Labute approximate surface area is 172 Å². The second-order valence-corrected chi connectivity index (χ2v) is 8.16. The number of anilines is 1. The summed E-state index contributed by atoms with van der Waals surface area (Å²) >= 11 is 0. The minimum atomic E-state index is -4.35. The number of likely N-dealkylation sites (tertiary alicyclic amines) is 1. The van der Waals surface area contributed by atoms with Crippen molar-refractivity contribution in [3.8, 4) is 0 Å². The van der Waals surface area contributed by atoms with Crippen molar-refractivity contribution in [2.24, 2.45) is 0 Å². The normalized spacial score (nSPS) is 21.2. The molecule has 30 heavy (non-hydrogen) atoms. The molecule has 2 aromatic rings. The molecule has 1 aromatic carbocycles. The third-order valence-corrected chi connectivity index (χ3v) is 6.23. The summed E-state index contributed by atoms with van der Waals surface area (Å²) in [5.74, 6) is 0.270. The summed E-state index contributed by atoms with van der Waals surface area (Å²) in [7, 11) is 0. The largest absolute Gasteiger partial charge is 0.416 e. The maximum absolute atomic E-state index is 13.0. The fraction of sp³-hybridized carbons (Fsp3) is 0.524. The van der Waals surface area contributed by atoms with Gasteiger partial charge in [-0.2, -0.15) is 13.2 Å². The van der Waals surface area contributed by atoms with E-state index in [0.717, 1.165) is 17.3 Å². The van der Waals surface area contributed by atoms with Crippen LogP contribution in [-0.4, -0.2) is 41.4 Å². The smallest absolute Gasteiger partial charge is 0.374 e. The van der Waals surface area contributed by atoms with Crippen LogP contribution in [-0.2, 0) is 10.9 Å². The lowest BCUT2D eigenvalue weighted by Gasteiger charge is -2.38. The van der Waals surface area contributed by atoms with Crippen LogP contribution in [0, 0.1) is 13.8 Å². The number of alkyl halides is 3. The van der Waals surface area contributed by atoms with E-state index in [1.54, 1.807) is 17.9 Å². The molecule has 2 amide bonds. The van der Waals surface area contributed by atoms with E-state index >= 15 is 0 Å². The first-order chi connectivity index (χ1) is 14.2. The van der Waals surface area contributed by atoms with Crippen LogP contribution in [0.3, 0.4) is 0 Å². The lowest BCUT2D eigenvalue weighted by molar-refractivity contribution is -0.137. The van der Waals surface area contributed by atoms with Crippen LogP contribution in [0.5, 0.6) is 0 Å². The molecule has 9 heteroatoms. The number of aromatic nitrogens is 1. The zero-order valence-electron chi connectivity index (χ0n) is 16.9. The quantitative estimate of drug-likeness (QED) is 0.748. The number of urea groups is 1. The number of benzene rings is 1. The summed E-state index contributed by atoms with van der Waals surface area (Å²) in [6.07, 6.45) is -2.41. The van der Waals surface area contributed by atoms with Gasteiger partial charge in [-0.15, -0.1) is 0 Å². The minimum absolute atomic E-state index is 0.0764. The van der Waals surface area contributed by atoms with Crippen molar-refractivity contribution in [1.29, 1.82) is 0 Å². The van der Waals surface area contributed by atoms with Crippen molar-refractivity contribution < 1.29 is 27.2 Å². The summed E-state index contributed by atoms with van der Waals surface area (Å²) in [6, 6.07) is 5.23. The molecule has 0 saturated carbocycles. The highest BCUT2D eigenvalue weighted by molar-refractivity contribution is 5.88. The molecular formula is C21H24F3N3O3. The molecule has 0 radical (unpaired) electrons. The van der Waals surface area contributed by atoms with Crippen molar-refractivity contribution in [3.63, 3.8) is 0 Å². The molecule has 2 fully saturated rings. The number of rotatable bonds is 2. The van der Waals surface area contributed by atoms with Gasteiger partial charge in [-0.3, -0.25) is 5.32 Å². The average Bonchev–Trinajstić information content (AvgIpc) is 3.27. The topological polar surface area (TPSA) is 67.6 Å². The fourth-order valence-corrected chi connectivity index (χ4v) is 4.20. The second-order valence-electron chi connectivity index (χ2n) is 8.16. The molecule has 4 rings (SSSR count). The van der Waals surface area contributed by atoms with Crippen LogP contribution in [0.4, 0.5) is 23.8 Å². The van der Waals surface area contributed by atoms with Crippen molar-refractivity contribution in [3.05, 3.63) is 46.6 Å². The van der Waals surface area contributed by atoms with Crippen molar-refractivity contribution in [1.82, 2.24) is 10.1 Å². The Morgan fingerprint density at radius 2 is 2.00 bits per heavy atom. The Hall–Kier alpha value is -2.55. The van der Waals surface area contributed by atoms with Gasteiger partial charge in [0.15, 0.2) is 0 Å². The predicted octanol–water partition coefficient (Wildman–Crippen LogP) is 4.88. The van der Waals surface area contributed by atoms with Crippen molar-refractivity contribution in [2.75, 3.05) is 25.0 Å². The molecule has 2 saturated heterocycles. The maximum atomic E-state index is 13.0. The molecule has 6 nitrogen and oxygen atoms in total. The van der Waals surface area contributed by atoms with Gasteiger partial charge in [-0.25, -0.2) is 4.79 Å². The Bertz CT molecular complexity index is 933. The fourth-order valence-electron chi connectivity index (χ4n) is 4.20. The first kappa shape index (κ1) is 20.7. The van der Waals surface area contributed by atoms with E-state index in [4.69, 9.17) is 9.26 Å². The van der Waals surface area contributed by atoms with Gasteiger partial charge >= 0.3 is 12.2 Å². The number of carbonyl (C=O) groups is 1. The van der Waals surface area contributed by atoms with Crippen LogP contribution in [0.15, 0.2) is 28.8 Å². The first-order valence-corrected chi connectivity index (χ1v) is 9.97. The summed E-state index contributed by atoms with van der Waals surface area (Å²) < 4.78 is 50.3. The van der Waals surface area contributed by atoms with Gasteiger partial charge in [0.1, 0.15) is 0 Å². The summed E-state index contributed by atoms with van der Waals surface area (Å²) in [5, 5.41) is 6.58. The Morgan fingerprint density at radius 1 is 1.27 bits per heavy atom. The predicted molar refractivity (Wildman–Crippen MR) is 103 cm³/mol. The first-order valence-electron chi connectivity index (χ1n) is 9.97. The highest BCUT2D eigenvalue weighted by atomic mass is 19.4. The number of halogens is 3. The zero-order chi connectivity index (χ0) is 21.5. The van der Waals surface area contributed by atoms with E-state index in [1.165, 1.54) is 12.1 Å². The van der Waals surface area contributed by atoms with Crippen LogP contribution < -0.4 is 5.32 Å². The van der Waals surface area contributed by atoms with Crippen LogP contribution in [0.1, 0.15) is 47.6 Å². The molecular weight excluding hydrogens is 399 g/mol. The van der Waals surface area contributed by atoms with E-state index in [9.17, 15) is 18.0 Å². The Kier molecular flexibility index (Phi) is 5.25. The molecule has 3 heterocycles. The van der Waals surface area contributed by atoms with Gasteiger partial charge in [0, 0.05) is 24.6 Å². The SMILES string of the molecule is Cc1noc(NC(=O)N2CCC3(CC2)C[C@@H](c2cccc(C(F)(F)F)c2)CO3)c1C. The highest BCUT2D eigenvalue weighted by Gasteiger charge is 2.44. The molecule has 0 aliphatic carbocycles. The van der Waals surface area contributed by atoms with Gasteiger partial charge in [-0.05, 0) is 44.7 Å². The van der Waals surface area contributed by atoms with Gasteiger partial charge < -0.3 is 14.2 Å². The Morgan fingerprint density at radius 3 is 2.63 bits per heavy atom. The standard InChI is InChI=1S/C21H24F3N3O3/c1-13-14(2)26-30-18(13)25-19(28)27-8-6-20(7-9-27)11-16(12-29-20)15-4-3-5-17(10-15)21(22,23)24/h3-5,10,16H,6-9,11-12H2,1-2H3,(H,25,28)/t16-/m1/s1. The van der Waals surface area contributed by atoms with E-state index < -0.39 is 17.3 Å². The lowest BCUT2D eigenvalue weighted by Crippen LogP contribution is -2.47. The van der Waals surface area contributed by atoms with Gasteiger partial charge in [0.25, 0.3) is 0 Å². The van der Waals surface area contributed by atoms with Crippen molar-refractivity contribution in [2.45, 2.75) is 50.8 Å². The number of carbonyl (C=O) groups excluding carboxylic acids is 1. The van der Waals surface area contributed by atoms with Crippen LogP contribution in [0.2, 0.25) is 0 Å². The van der Waals surface area contributed by atoms with E-state index in [-0.39, 0.29) is 11.9 Å². The molecule has 2 aliphatic rings. The van der Waals surface area contributed by atoms with E-state index in [1.807, 2.05) is 6.92 Å². The molecule has 0 bridgehead atoms. The number of amides is 2. The van der Waals surface area contributed by atoms with Gasteiger partial charge in [0.2, 0.25) is 5.88 Å². The third-order valence-electron chi connectivity index (χ3n) is 6.23. The zero-order valence-corrected chi connectivity index (χ0v) is 16.9. The summed E-state index contributed by atoms with van der Waals surface area (Å²) in [5.41, 5.74) is 1.14. The minimum Gasteiger partial charge on any atom is -0.374 e. The van der Waals surface area contributed by atoms with E-state index in [0.29, 0.717) is 50.4 Å². The monoisotopic (exact) mass is 423 g/mol. The van der Waals surface area contributed by atoms with Crippen LogP contribution >= 0.6 is 0 Å². The van der Waals surface area contributed by atoms with Crippen LogP contribution in [0.25, 0.3) is 0 Å². The maximum Gasteiger partial charge on any atom is 0.416 e. The summed E-state index contributed by atoms with van der Waals surface area (Å²) in [6.45, 7) is 5.04. The van der Waals surface area contributed by atoms with E-state index in [2.05, 4.69) is 10.5 Å². The number of hydrogen-bond donors (Lipinski definition) is 1. The third kappa shape index (κ3) is 4.03. The molecule has 1 spiro atoms. The number of nitrogens with one attached hydrogen (secondary N) is 1.